The lowest BCUT2D eigenvalue weighted by atomic mass is 9.58. The lowest BCUT2D eigenvalue weighted by molar-refractivity contribution is -0.166. The van der Waals surface area contributed by atoms with Gasteiger partial charge >= 0.3 is 11.9 Å². The van der Waals surface area contributed by atoms with Gasteiger partial charge in [0.2, 0.25) is 0 Å². The topological polar surface area (TPSA) is 96.0 Å². The number of hydrogen-bond acceptors (Lipinski definition) is 7. The van der Waals surface area contributed by atoms with Gasteiger partial charge in [-0.25, -0.2) is 0 Å². The van der Waals surface area contributed by atoms with E-state index in [4.69, 9.17) is 13.9 Å². The van der Waals surface area contributed by atoms with E-state index in [1.54, 1.807) is 12.2 Å². The maximum Gasteiger partial charge on any atom is 0.310 e. The summed E-state index contributed by atoms with van der Waals surface area (Å²) in [4.78, 5) is 54.3. The highest BCUT2D eigenvalue weighted by Gasteiger charge is 2.63. The van der Waals surface area contributed by atoms with Crippen molar-refractivity contribution in [3.05, 3.63) is 25.3 Å². The zero-order valence-electron chi connectivity index (χ0n) is 22.3. The minimum atomic E-state index is -2.25. The first-order valence-corrected chi connectivity index (χ1v) is 15.2. The molecule has 0 N–H and O–H groups in total. The highest BCUT2D eigenvalue weighted by molar-refractivity contribution is 6.74. The smallest absolute Gasteiger partial charge is 0.310 e. The number of ketones is 2. The zero-order chi connectivity index (χ0) is 26.8. The van der Waals surface area contributed by atoms with Crippen LogP contribution in [0, 0.1) is 35.0 Å². The van der Waals surface area contributed by atoms with Crippen LogP contribution in [0.3, 0.4) is 0 Å². The van der Waals surface area contributed by atoms with Gasteiger partial charge in [-0.3, -0.25) is 19.2 Å². The number of rotatable bonds is 9. The molecule has 6 atom stereocenters. The first-order chi connectivity index (χ1) is 16.2. The summed E-state index contributed by atoms with van der Waals surface area (Å²) in [6.07, 6.45) is 4.00. The summed E-state index contributed by atoms with van der Waals surface area (Å²) < 4.78 is 16.8. The Hall–Kier alpha value is -2.06. The highest BCUT2D eigenvalue weighted by Crippen LogP contribution is 2.54. The molecule has 35 heavy (non-hydrogen) atoms. The highest BCUT2D eigenvalue weighted by atomic mass is 28.4. The molecule has 0 radical (unpaired) electrons. The van der Waals surface area contributed by atoms with Gasteiger partial charge in [-0.15, -0.1) is 13.2 Å². The zero-order valence-corrected chi connectivity index (χ0v) is 23.3. The predicted octanol–water partition coefficient (Wildman–Crippen LogP) is 4.52. The molecule has 0 aromatic rings. The number of Topliss-reactive ketones (excluding diaryl/α,β-unsaturated/α-hetero) is 2. The number of ether oxygens (including phenoxy) is 2. The van der Waals surface area contributed by atoms with Gasteiger partial charge in [-0.1, -0.05) is 32.9 Å². The van der Waals surface area contributed by atoms with Crippen LogP contribution in [0.2, 0.25) is 18.1 Å². The summed E-state index contributed by atoms with van der Waals surface area (Å²) in [5.41, 5.74) is -1.35. The number of carbonyl (C=O) groups excluding carboxylic acids is 4. The molecular formula is C27H42O7Si. The van der Waals surface area contributed by atoms with Crippen molar-refractivity contribution in [2.45, 2.75) is 64.6 Å². The van der Waals surface area contributed by atoms with Gasteiger partial charge in [0.25, 0.3) is 0 Å². The SMILES string of the molecule is C=CC[C@@H]1CC(=O)[C@@]2(CC=C)C[C@H](CO[Si](C)(C)C(C)(C)C)[C@H](C(=O)OC)[C@@H](C(=O)OC)[C@@H]1C2=O. The fraction of sp³-hybridized carbons (Fsp3) is 0.704. The van der Waals surface area contributed by atoms with Gasteiger partial charge in [-0.05, 0) is 49.2 Å². The predicted molar refractivity (Wildman–Crippen MR) is 136 cm³/mol. The Labute approximate surface area is 210 Å². The molecule has 0 aromatic heterocycles. The van der Waals surface area contributed by atoms with Crippen molar-refractivity contribution < 1.29 is 33.1 Å². The van der Waals surface area contributed by atoms with Crippen LogP contribution in [0.4, 0.5) is 0 Å². The molecule has 7 nitrogen and oxygen atoms in total. The molecule has 2 bridgehead atoms. The first kappa shape index (κ1) is 29.2. The molecule has 0 heterocycles. The number of carbonyl (C=O) groups is 4. The molecule has 2 aliphatic carbocycles. The van der Waals surface area contributed by atoms with Crippen LogP contribution >= 0.6 is 0 Å². The molecule has 2 rings (SSSR count). The van der Waals surface area contributed by atoms with E-state index in [2.05, 4.69) is 47.0 Å². The molecule has 0 unspecified atom stereocenters. The van der Waals surface area contributed by atoms with Gasteiger partial charge in [-0.2, -0.15) is 0 Å². The van der Waals surface area contributed by atoms with Crippen molar-refractivity contribution in [2.24, 2.45) is 35.0 Å². The third-order valence-corrected chi connectivity index (χ3v) is 13.0. The van der Waals surface area contributed by atoms with Crippen molar-refractivity contribution in [2.75, 3.05) is 20.8 Å². The van der Waals surface area contributed by atoms with Gasteiger partial charge in [0, 0.05) is 18.9 Å². The number of esters is 2. The fourth-order valence-electron chi connectivity index (χ4n) is 5.58. The summed E-state index contributed by atoms with van der Waals surface area (Å²) in [5.74, 6) is -5.65. The van der Waals surface area contributed by atoms with Crippen LogP contribution in [0.5, 0.6) is 0 Å². The summed E-state index contributed by atoms with van der Waals surface area (Å²) in [6.45, 7) is 18.3. The monoisotopic (exact) mass is 506 g/mol. The Kier molecular flexibility index (Phi) is 9.09. The van der Waals surface area contributed by atoms with Crippen LogP contribution in [-0.4, -0.2) is 52.6 Å². The van der Waals surface area contributed by atoms with Gasteiger partial charge in [0.15, 0.2) is 14.1 Å². The summed E-state index contributed by atoms with van der Waals surface area (Å²) in [7, 11) is 0.276. The van der Waals surface area contributed by atoms with E-state index in [1.807, 2.05) is 0 Å². The molecule has 2 aliphatic rings. The summed E-state index contributed by atoms with van der Waals surface area (Å²) in [5, 5.41) is -0.0877. The molecule has 0 spiro atoms. The van der Waals surface area contributed by atoms with Crippen LogP contribution < -0.4 is 0 Å². The fourth-order valence-corrected chi connectivity index (χ4v) is 6.64. The normalized spacial score (nSPS) is 31.3. The van der Waals surface area contributed by atoms with E-state index >= 15 is 0 Å². The van der Waals surface area contributed by atoms with Crippen molar-refractivity contribution >= 4 is 31.8 Å². The Morgan fingerprint density at radius 2 is 1.60 bits per heavy atom. The number of hydrogen-bond donors (Lipinski definition) is 0. The van der Waals surface area contributed by atoms with Crippen LogP contribution in [-0.2, 0) is 33.1 Å². The number of allylic oxidation sites excluding steroid dienone is 2. The molecule has 2 fully saturated rings. The second-order valence-electron chi connectivity index (χ2n) is 11.5. The summed E-state index contributed by atoms with van der Waals surface area (Å²) in [6, 6.07) is 0. The van der Waals surface area contributed by atoms with Crippen molar-refractivity contribution in [1.82, 2.24) is 0 Å². The lowest BCUT2D eigenvalue weighted by Gasteiger charge is -2.42. The second kappa shape index (κ2) is 10.9. The summed E-state index contributed by atoms with van der Waals surface area (Å²) >= 11 is 0. The standard InChI is InChI=1S/C27H42O7Si/c1-10-12-17-14-19(28)27(13-11-2)15-18(16-34-35(8,9)26(3,4)5)21(24(30)32-6)22(25(31)33-7)20(17)23(27)29/h10-11,17-18,20-22H,1-2,12-16H2,3-9H3/t17-,18-,20-,21+,22+,27-/m1/s1. The van der Waals surface area contributed by atoms with Gasteiger partial charge < -0.3 is 13.9 Å². The van der Waals surface area contributed by atoms with Crippen molar-refractivity contribution in [3.8, 4) is 0 Å². The molecule has 0 aromatic carbocycles. The number of methoxy groups -OCH3 is 2. The van der Waals surface area contributed by atoms with E-state index in [-0.39, 0.29) is 42.5 Å². The van der Waals surface area contributed by atoms with E-state index < -0.39 is 55.3 Å². The second-order valence-corrected chi connectivity index (χ2v) is 16.3. The van der Waals surface area contributed by atoms with E-state index in [0.29, 0.717) is 6.42 Å². The molecule has 8 heteroatoms. The average Bonchev–Trinajstić information content (AvgIpc) is 2.86. The Bertz CT molecular complexity index is 871. The molecule has 0 saturated heterocycles. The average molecular weight is 507 g/mol. The Balaban J connectivity index is 2.75. The molecule has 196 valence electrons. The third kappa shape index (κ3) is 5.38. The van der Waals surface area contributed by atoms with E-state index in [1.165, 1.54) is 14.2 Å². The van der Waals surface area contributed by atoms with Crippen molar-refractivity contribution in [1.29, 1.82) is 0 Å². The minimum Gasteiger partial charge on any atom is -0.469 e. The van der Waals surface area contributed by atoms with E-state index in [0.717, 1.165) is 0 Å². The van der Waals surface area contributed by atoms with Crippen LogP contribution in [0.25, 0.3) is 0 Å². The maximum atomic E-state index is 14.1. The molecule has 0 amide bonds. The maximum absolute atomic E-state index is 14.1. The molecule has 0 aliphatic heterocycles. The minimum absolute atomic E-state index is 0.0877. The van der Waals surface area contributed by atoms with E-state index in [9.17, 15) is 19.2 Å². The van der Waals surface area contributed by atoms with Crippen LogP contribution in [0.1, 0.15) is 46.5 Å². The Morgan fingerprint density at radius 3 is 2.09 bits per heavy atom. The molecule has 2 saturated carbocycles. The quantitative estimate of drug-likeness (QED) is 0.196. The Morgan fingerprint density at radius 1 is 1.03 bits per heavy atom. The van der Waals surface area contributed by atoms with Gasteiger partial charge in [0.05, 0.1) is 31.5 Å². The van der Waals surface area contributed by atoms with Crippen molar-refractivity contribution in [3.63, 3.8) is 0 Å². The van der Waals surface area contributed by atoms with Gasteiger partial charge in [0.1, 0.15) is 5.78 Å². The molecular weight excluding hydrogens is 464 g/mol. The van der Waals surface area contributed by atoms with Crippen LogP contribution in [0.15, 0.2) is 25.3 Å². The first-order valence-electron chi connectivity index (χ1n) is 12.3. The third-order valence-electron chi connectivity index (χ3n) is 8.53. The largest absolute Gasteiger partial charge is 0.469 e. The number of fused-ring (bicyclic) bond motifs is 2. The lowest BCUT2D eigenvalue weighted by Crippen LogP contribution is -2.52.